The average molecular weight is 617 g/mol. The third-order valence-corrected chi connectivity index (χ3v) is 6.37. The van der Waals surface area contributed by atoms with Gasteiger partial charge in [-0.25, -0.2) is 5.43 Å². The Morgan fingerprint density at radius 2 is 1.50 bits per heavy atom. The smallest absolute Gasteiger partial charge is 0.417 e. The van der Waals surface area contributed by atoms with Gasteiger partial charge in [0.1, 0.15) is 13.2 Å². The second kappa shape index (κ2) is 14.1. The molecule has 0 bridgehead atoms. The van der Waals surface area contributed by atoms with Crippen molar-refractivity contribution in [2.24, 2.45) is 5.10 Å². The van der Waals surface area contributed by atoms with Crippen LogP contribution in [0, 0.1) is 0 Å². The molecule has 0 heterocycles. The number of carbonyl (C=O) groups is 1. The van der Waals surface area contributed by atoms with Gasteiger partial charge in [0, 0.05) is 0 Å². The van der Waals surface area contributed by atoms with Gasteiger partial charge in [-0.3, -0.25) is 4.79 Å². The number of hydrogen-bond donors (Lipinski definition) is 1. The van der Waals surface area contributed by atoms with Crippen molar-refractivity contribution >= 4 is 35.3 Å². The Bertz CT molecular complexity index is 1540. The Morgan fingerprint density at radius 1 is 0.833 bits per heavy atom. The molecule has 0 saturated heterocycles. The van der Waals surface area contributed by atoms with Crippen molar-refractivity contribution in [2.75, 3.05) is 6.61 Å². The van der Waals surface area contributed by atoms with Crippen molar-refractivity contribution in [2.45, 2.75) is 26.3 Å². The molecule has 11 heteroatoms. The van der Waals surface area contributed by atoms with Crippen molar-refractivity contribution in [3.05, 3.63) is 123 Å². The number of halogens is 5. The molecule has 4 aromatic carbocycles. The zero-order chi connectivity index (χ0) is 30.1. The van der Waals surface area contributed by atoms with Crippen LogP contribution in [0.2, 0.25) is 10.0 Å². The predicted molar refractivity (Wildman–Crippen MR) is 156 cm³/mol. The second-order valence-corrected chi connectivity index (χ2v) is 9.65. The molecule has 0 spiro atoms. The summed E-state index contributed by atoms with van der Waals surface area (Å²) in [5.41, 5.74) is 2.68. The van der Waals surface area contributed by atoms with Crippen molar-refractivity contribution in [1.82, 2.24) is 5.43 Å². The molecule has 0 fully saturated rings. The lowest BCUT2D eigenvalue weighted by molar-refractivity contribution is -0.137. The highest BCUT2D eigenvalue weighted by Crippen LogP contribution is 2.36. The van der Waals surface area contributed by atoms with Crippen LogP contribution in [0.4, 0.5) is 13.2 Å². The topological polar surface area (TPSA) is 69.2 Å². The summed E-state index contributed by atoms with van der Waals surface area (Å²) in [5, 5.41) is 4.08. The molecule has 0 radical (unpaired) electrons. The number of alkyl halides is 3. The molecule has 1 N–H and O–H groups in total. The largest absolute Gasteiger partial charge is 0.490 e. The summed E-state index contributed by atoms with van der Waals surface area (Å²) < 4.78 is 57.1. The van der Waals surface area contributed by atoms with E-state index in [0.29, 0.717) is 30.3 Å². The molecular weight excluding hydrogens is 592 g/mol. The molecule has 218 valence electrons. The fraction of sp³-hybridized carbons (Fsp3) is 0.161. The lowest BCUT2D eigenvalue weighted by Gasteiger charge is -2.15. The molecule has 0 aliphatic carbocycles. The number of hydrazone groups is 1. The maximum Gasteiger partial charge on any atom is 0.417 e. The van der Waals surface area contributed by atoms with E-state index < -0.39 is 23.2 Å². The summed E-state index contributed by atoms with van der Waals surface area (Å²) in [6, 6.07) is 22.6. The number of amides is 1. The number of ether oxygens (including phenoxy) is 3. The normalized spacial score (nSPS) is 11.4. The first kappa shape index (κ1) is 30.7. The summed E-state index contributed by atoms with van der Waals surface area (Å²) in [7, 11) is 0. The first-order valence-electron chi connectivity index (χ1n) is 12.7. The molecule has 0 atom stereocenters. The van der Waals surface area contributed by atoms with E-state index in [0.717, 1.165) is 23.3 Å². The van der Waals surface area contributed by atoms with Gasteiger partial charge in [-0.2, -0.15) is 18.3 Å². The minimum atomic E-state index is -4.68. The fourth-order valence-corrected chi connectivity index (χ4v) is 4.48. The lowest BCUT2D eigenvalue weighted by atomic mass is 10.1. The lowest BCUT2D eigenvalue weighted by Crippen LogP contribution is -2.22. The Morgan fingerprint density at radius 3 is 2.19 bits per heavy atom. The van der Waals surface area contributed by atoms with Crippen LogP contribution in [0.3, 0.4) is 0 Å². The molecule has 4 aromatic rings. The Hall–Kier alpha value is -4.21. The number of carbonyl (C=O) groups excluding carboxylic acids is 1. The van der Waals surface area contributed by atoms with Crippen LogP contribution in [0.1, 0.15) is 39.5 Å². The summed E-state index contributed by atoms with van der Waals surface area (Å²) in [4.78, 5) is 12.3. The van der Waals surface area contributed by atoms with Gasteiger partial charge >= 0.3 is 6.18 Å². The Kier molecular flexibility index (Phi) is 10.3. The third-order valence-electron chi connectivity index (χ3n) is 5.81. The zero-order valence-electron chi connectivity index (χ0n) is 22.3. The van der Waals surface area contributed by atoms with Crippen LogP contribution in [-0.4, -0.2) is 18.7 Å². The predicted octanol–water partition coefficient (Wildman–Crippen LogP) is 8.33. The summed E-state index contributed by atoms with van der Waals surface area (Å²) in [6.07, 6.45) is -3.48. The van der Waals surface area contributed by atoms with Gasteiger partial charge in [0.15, 0.2) is 17.2 Å². The van der Waals surface area contributed by atoms with Gasteiger partial charge in [-0.1, -0.05) is 71.7 Å². The first-order valence-corrected chi connectivity index (χ1v) is 13.4. The number of benzene rings is 4. The molecular formula is C31H25Cl2F3N2O4. The monoisotopic (exact) mass is 616 g/mol. The quantitative estimate of drug-likeness (QED) is 0.136. The van der Waals surface area contributed by atoms with Crippen LogP contribution >= 0.6 is 23.2 Å². The molecule has 1 amide bonds. The molecule has 4 rings (SSSR count). The number of nitrogens with one attached hydrogen (secondary N) is 1. The summed E-state index contributed by atoms with van der Waals surface area (Å²) >= 11 is 12.8. The minimum Gasteiger partial charge on any atom is -0.490 e. The zero-order valence-corrected chi connectivity index (χ0v) is 23.8. The molecule has 6 nitrogen and oxygen atoms in total. The van der Waals surface area contributed by atoms with Gasteiger partial charge in [-0.15, -0.1) is 0 Å². The molecule has 0 unspecified atom stereocenters. The van der Waals surface area contributed by atoms with E-state index in [1.165, 1.54) is 30.5 Å². The SMILES string of the molecule is CCOc1cc(COc2c(Cl)cc(/C=N/NC(=O)c3ccccc3C(F)(F)F)cc2Cl)ccc1OCc1ccccc1. The number of rotatable bonds is 11. The first-order chi connectivity index (χ1) is 20.2. The second-order valence-electron chi connectivity index (χ2n) is 8.83. The summed E-state index contributed by atoms with van der Waals surface area (Å²) in [5.74, 6) is 0.372. The Balaban J connectivity index is 1.40. The van der Waals surface area contributed by atoms with E-state index in [2.05, 4.69) is 10.5 Å². The van der Waals surface area contributed by atoms with Crippen LogP contribution < -0.4 is 19.6 Å². The highest BCUT2D eigenvalue weighted by molar-refractivity contribution is 6.37. The van der Waals surface area contributed by atoms with Crippen molar-refractivity contribution in [3.8, 4) is 17.2 Å². The van der Waals surface area contributed by atoms with E-state index in [9.17, 15) is 18.0 Å². The van der Waals surface area contributed by atoms with E-state index in [1.54, 1.807) is 6.07 Å². The van der Waals surface area contributed by atoms with Gasteiger partial charge in [0.2, 0.25) is 0 Å². The van der Waals surface area contributed by atoms with Gasteiger partial charge in [0.05, 0.1) is 34.0 Å². The van der Waals surface area contributed by atoms with E-state index >= 15 is 0 Å². The van der Waals surface area contributed by atoms with Gasteiger partial charge < -0.3 is 14.2 Å². The maximum absolute atomic E-state index is 13.2. The average Bonchev–Trinajstić information content (AvgIpc) is 2.96. The number of nitrogens with zero attached hydrogens (tertiary/aromatic N) is 1. The third kappa shape index (κ3) is 8.18. The molecule has 0 saturated carbocycles. The van der Waals surface area contributed by atoms with Gasteiger partial charge in [-0.05, 0) is 60.0 Å². The van der Waals surface area contributed by atoms with Crippen molar-refractivity contribution < 1.29 is 32.2 Å². The van der Waals surface area contributed by atoms with Crippen molar-refractivity contribution in [1.29, 1.82) is 0 Å². The van der Waals surface area contributed by atoms with E-state index in [4.69, 9.17) is 37.4 Å². The molecule has 0 aromatic heterocycles. The summed E-state index contributed by atoms with van der Waals surface area (Å²) in [6.45, 7) is 2.84. The maximum atomic E-state index is 13.2. The van der Waals surface area contributed by atoms with Crippen LogP contribution in [0.5, 0.6) is 17.2 Å². The number of hydrogen-bond acceptors (Lipinski definition) is 5. The van der Waals surface area contributed by atoms with Gasteiger partial charge in [0.25, 0.3) is 5.91 Å². The van der Waals surface area contributed by atoms with Crippen LogP contribution in [-0.2, 0) is 19.4 Å². The highest BCUT2D eigenvalue weighted by atomic mass is 35.5. The van der Waals surface area contributed by atoms with Crippen LogP contribution in [0.15, 0.2) is 90.0 Å². The van der Waals surface area contributed by atoms with E-state index in [-0.39, 0.29) is 22.4 Å². The Labute approximate surface area is 250 Å². The standard InChI is InChI=1S/C31H25Cl2F3N2O4/c1-2-40-28-16-21(12-13-27(28)41-18-20-8-4-3-5-9-20)19-42-29-25(32)14-22(15-26(29)33)17-37-38-30(39)23-10-6-7-11-24(23)31(34,35)36/h3-17H,2,18-19H2,1H3,(H,38,39)/b37-17+. The highest BCUT2D eigenvalue weighted by Gasteiger charge is 2.34. The fourth-order valence-electron chi connectivity index (χ4n) is 3.87. The van der Waals surface area contributed by atoms with Crippen molar-refractivity contribution in [3.63, 3.8) is 0 Å². The minimum absolute atomic E-state index is 0.126. The van der Waals surface area contributed by atoms with Crippen LogP contribution in [0.25, 0.3) is 0 Å². The molecule has 0 aliphatic rings. The van der Waals surface area contributed by atoms with E-state index in [1.807, 2.05) is 49.4 Å². The molecule has 42 heavy (non-hydrogen) atoms. The molecule has 0 aliphatic heterocycles.